The fraction of sp³-hybridized carbons (Fsp3) is 0. The van der Waals surface area contributed by atoms with E-state index in [0.29, 0.717) is 0 Å². The molecule has 44 heavy (non-hydrogen) atoms. The maximum Gasteiger partial charge on any atom is 0.179 e. The standard InChI is InChI=1S/C42H31NSi/c1-5-16-32(17-6-1)33-18-15-25-37(30-33)44(35-21-9-3-10-22-35,36-23-11-4-12-24-36)38-28-29-40-39-26-13-14-27-41(39)43(42(40)31-38)34-19-7-2-8-20-34/h1-31H. The summed E-state index contributed by atoms with van der Waals surface area (Å²) in [4.78, 5) is 0. The van der Waals surface area contributed by atoms with Gasteiger partial charge in [-0.1, -0.05) is 164 Å². The fourth-order valence-corrected chi connectivity index (χ4v) is 11.8. The van der Waals surface area contributed by atoms with Crippen LogP contribution in [0.3, 0.4) is 0 Å². The molecule has 208 valence electrons. The van der Waals surface area contributed by atoms with Gasteiger partial charge in [0.25, 0.3) is 0 Å². The van der Waals surface area contributed by atoms with Gasteiger partial charge in [-0.2, -0.15) is 0 Å². The number of fused-ring (bicyclic) bond motifs is 3. The van der Waals surface area contributed by atoms with E-state index in [2.05, 4.69) is 193 Å². The highest BCUT2D eigenvalue weighted by Gasteiger charge is 2.42. The van der Waals surface area contributed by atoms with Crippen LogP contribution >= 0.6 is 0 Å². The van der Waals surface area contributed by atoms with Crippen LogP contribution in [0.2, 0.25) is 0 Å². The summed E-state index contributed by atoms with van der Waals surface area (Å²) in [5, 5.41) is 8.03. The number of rotatable bonds is 6. The zero-order valence-corrected chi connectivity index (χ0v) is 25.3. The largest absolute Gasteiger partial charge is 0.309 e. The lowest BCUT2D eigenvalue weighted by Crippen LogP contribution is -2.74. The van der Waals surface area contributed by atoms with E-state index in [4.69, 9.17) is 0 Å². The van der Waals surface area contributed by atoms with E-state index < -0.39 is 8.07 Å². The first-order valence-corrected chi connectivity index (χ1v) is 17.2. The molecule has 8 rings (SSSR count). The Labute approximate surface area is 259 Å². The number of hydrogen-bond donors (Lipinski definition) is 0. The van der Waals surface area contributed by atoms with Crippen molar-refractivity contribution < 1.29 is 0 Å². The highest BCUT2D eigenvalue weighted by molar-refractivity contribution is 7.20. The Morgan fingerprint density at radius 2 is 0.818 bits per heavy atom. The monoisotopic (exact) mass is 577 g/mol. The molecule has 0 saturated carbocycles. The molecule has 0 spiro atoms. The lowest BCUT2D eigenvalue weighted by molar-refractivity contribution is 1.18. The predicted octanol–water partition coefficient (Wildman–Crippen LogP) is 7.83. The van der Waals surface area contributed by atoms with Crippen LogP contribution in [0, 0.1) is 0 Å². The Morgan fingerprint density at radius 1 is 0.318 bits per heavy atom. The summed E-state index contributed by atoms with van der Waals surface area (Å²) in [6.45, 7) is 0. The van der Waals surface area contributed by atoms with E-state index in [1.165, 1.54) is 59.4 Å². The minimum atomic E-state index is -2.77. The van der Waals surface area contributed by atoms with Gasteiger partial charge in [0.2, 0.25) is 0 Å². The fourth-order valence-electron chi connectivity index (χ4n) is 7.00. The third-order valence-corrected chi connectivity index (χ3v) is 13.7. The van der Waals surface area contributed by atoms with Gasteiger partial charge < -0.3 is 4.57 Å². The molecule has 0 unspecified atom stereocenters. The zero-order chi connectivity index (χ0) is 29.3. The van der Waals surface area contributed by atoms with Crippen molar-refractivity contribution in [2.75, 3.05) is 0 Å². The molecule has 0 aliphatic rings. The topological polar surface area (TPSA) is 4.93 Å². The van der Waals surface area contributed by atoms with Crippen molar-refractivity contribution in [3.8, 4) is 16.8 Å². The van der Waals surface area contributed by atoms with Crippen LogP contribution in [-0.2, 0) is 0 Å². The van der Waals surface area contributed by atoms with E-state index in [-0.39, 0.29) is 0 Å². The quantitative estimate of drug-likeness (QED) is 0.140. The molecular weight excluding hydrogens is 547 g/mol. The number of nitrogens with zero attached hydrogens (tertiary/aromatic N) is 1. The van der Waals surface area contributed by atoms with Crippen LogP contribution < -0.4 is 20.7 Å². The van der Waals surface area contributed by atoms with E-state index in [1.54, 1.807) is 0 Å². The highest BCUT2D eigenvalue weighted by Crippen LogP contribution is 2.32. The van der Waals surface area contributed by atoms with Crippen molar-refractivity contribution in [3.05, 3.63) is 188 Å². The van der Waals surface area contributed by atoms with Gasteiger partial charge in [0, 0.05) is 16.5 Å². The van der Waals surface area contributed by atoms with Gasteiger partial charge in [-0.3, -0.25) is 0 Å². The maximum absolute atomic E-state index is 2.77. The summed E-state index contributed by atoms with van der Waals surface area (Å²) in [6, 6.07) is 69.2. The Hall–Kier alpha value is -5.44. The van der Waals surface area contributed by atoms with Crippen LogP contribution in [0.25, 0.3) is 38.6 Å². The van der Waals surface area contributed by atoms with Gasteiger partial charge >= 0.3 is 0 Å². The summed E-state index contributed by atoms with van der Waals surface area (Å²) in [7, 11) is -2.77. The van der Waals surface area contributed by atoms with Crippen molar-refractivity contribution in [1.29, 1.82) is 0 Å². The summed E-state index contributed by atoms with van der Waals surface area (Å²) < 4.78 is 2.43. The molecule has 0 atom stereocenters. The lowest BCUT2D eigenvalue weighted by atomic mass is 10.1. The molecular formula is C42H31NSi. The number of aromatic nitrogens is 1. The van der Waals surface area contributed by atoms with Crippen molar-refractivity contribution in [2.24, 2.45) is 0 Å². The molecule has 1 nitrogen and oxygen atoms in total. The van der Waals surface area contributed by atoms with Gasteiger partial charge in [-0.25, -0.2) is 0 Å². The first-order valence-electron chi connectivity index (χ1n) is 15.2. The normalized spacial score (nSPS) is 11.6. The third kappa shape index (κ3) is 4.23. The van der Waals surface area contributed by atoms with Gasteiger partial charge in [0.05, 0.1) is 11.0 Å². The van der Waals surface area contributed by atoms with E-state index >= 15 is 0 Å². The molecule has 8 aromatic rings. The van der Waals surface area contributed by atoms with E-state index in [9.17, 15) is 0 Å². The van der Waals surface area contributed by atoms with Crippen molar-refractivity contribution in [2.45, 2.75) is 0 Å². The second-order valence-corrected chi connectivity index (χ2v) is 15.2. The van der Waals surface area contributed by atoms with Gasteiger partial charge in [0.1, 0.15) is 0 Å². The van der Waals surface area contributed by atoms with Crippen molar-refractivity contribution in [1.82, 2.24) is 4.57 Å². The van der Waals surface area contributed by atoms with Crippen molar-refractivity contribution in [3.63, 3.8) is 0 Å². The van der Waals surface area contributed by atoms with Crippen molar-refractivity contribution >= 4 is 50.6 Å². The first kappa shape index (κ1) is 26.2. The van der Waals surface area contributed by atoms with Crippen LogP contribution in [0.5, 0.6) is 0 Å². The first-order chi connectivity index (χ1) is 21.8. The Balaban J connectivity index is 1.50. The molecule has 1 aromatic heterocycles. The SMILES string of the molecule is c1ccc(-c2cccc([Si](c3ccccc3)(c3ccccc3)c3ccc4c5ccccc5n(-c5ccccc5)c4c3)c2)cc1. The molecule has 0 aliphatic carbocycles. The van der Waals surface area contributed by atoms with Crippen LogP contribution in [0.4, 0.5) is 0 Å². The molecule has 7 aromatic carbocycles. The average molecular weight is 578 g/mol. The second-order valence-electron chi connectivity index (χ2n) is 11.3. The Morgan fingerprint density at radius 3 is 1.50 bits per heavy atom. The lowest BCUT2D eigenvalue weighted by Gasteiger charge is -2.35. The van der Waals surface area contributed by atoms with E-state index in [1.807, 2.05) is 0 Å². The molecule has 0 bridgehead atoms. The highest BCUT2D eigenvalue weighted by atomic mass is 28.3. The van der Waals surface area contributed by atoms with Crippen LogP contribution in [0.1, 0.15) is 0 Å². The molecule has 0 aliphatic heterocycles. The summed E-state index contributed by atoms with van der Waals surface area (Å²) in [5.74, 6) is 0. The third-order valence-electron chi connectivity index (χ3n) is 8.94. The van der Waals surface area contributed by atoms with Gasteiger partial charge in [-0.15, -0.1) is 0 Å². The molecule has 0 amide bonds. The minimum absolute atomic E-state index is 1.17. The Kier molecular flexibility index (Phi) is 6.55. The van der Waals surface area contributed by atoms with E-state index in [0.717, 1.165) is 0 Å². The molecule has 0 saturated heterocycles. The summed E-state index contributed by atoms with van der Waals surface area (Å²) >= 11 is 0. The zero-order valence-electron chi connectivity index (χ0n) is 24.3. The Bertz CT molecular complexity index is 2160. The number of hydrogen-bond acceptors (Lipinski definition) is 0. The predicted molar refractivity (Wildman–Crippen MR) is 190 cm³/mol. The van der Waals surface area contributed by atoms with Crippen LogP contribution in [-0.4, -0.2) is 12.6 Å². The van der Waals surface area contributed by atoms with Crippen LogP contribution in [0.15, 0.2) is 188 Å². The van der Waals surface area contributed by atoms with Gasteiger partial charge in [0.15, 0.2) is 8.07 Å². The number of para-hydroxylation sites is 2. The number of benzene rings is 7. The summed E-state index contributed by atoms with van der Waals surface area (Å²) in [6.07, 6.45) is 0. The smallest absolute Gasteiger partial charge is 0.179 e. The molecule has 1 heterocycles. The maximum atomic E-state index is 2.49. The molecule has 0 N–H and O–H groups in total. The molecule has 2 heteroatoms. The average Bonchev–Trinajstić information content (AvgIpc) is 3.44. The second kappa shape index (κ2) is 11.0. The minimum Gasteiger partial charge on any atom is -0.309 e. The van der Waals surface area contributed by atoms with Gasteiger partial charge in [-0.05, 0) is 56.1 Å². The molecule has 0 radical (unpaired) electrons. The molecule has 0 fully saturated rings. The summed E-state index contributed by atoms with van der Waals surface area (Å²) in [5.41, 5.74) is 6.11.